The molecule has 2 aliphatic rings. The van der Waals surface area contributed by atoms with Gasteiger partial charge in [0.25, 0.3) is 0 Å². The Morgan fingerprint density at radius 1 is 0.786 bits per heavy atom. The summed E-state index contributed by atoms with van der Waals surface area (Å²) < 4.78 is 0. The minimum atomic E-state index is 0.0944. The molecule has 2 fully saturated rings. The van der Waals surface area contributed by atoms with Gasteiger partial charge in [-0.25, -0.2) is 0 Å². The first kappa shape index (κ1) is 20.5. The molecule has 4 rings (SSSR count). The average molecular weight is 438 g/mol. The van der Waals surface area contributed by atoms with Crippen LogP contribution in [0.5, 0.6) is 0 Å². The summed E-state index contributed by atoms with van der Waals surface area (Å²) in [5.41, 5.74) is 2.28. The van der Waals surface area contributed by atoms with Crippen molar-refractivity contribution in [1.82, 2.24) is 9.80 Å². The van der Waals surface area contributed by atoms with Gasteiger partial charge in [0.2, 0.25) is 0 Å². The van der Waals surface area contributed by atoms with Crippen molar-refractivity contribution >= 4 is 34.8 Å². The fourth-order valence-corrected chi connectivity index (χ4v) is 5.50. The van der Waals surface area contributed by atoms with Crippen LogP contribution < -0.4 is 0 Å². The van der Waals surface area contributed by atoms with Crippen molar-refractivity contribution < 1.29 is 0 Å². The second-order valence-corrected chi connectivity index (χ2v) is 9.27. The highest BCUT2D eigenvalue weighted by Crippen LogP contribution is 2.36. The van der Waals surface area contributed by atoms with E-state index < -0.39 is 0 Å². The molecule has 1 unspecified atom stereocenters. The number of piperazine rings is 1. The normalized spacial score (nSPS) is 21.0. The summed E-state index contributed by atoms with van der Waals surface area (Å²) in [5.74, 6) is 0. The van der Waals surface area contributed by atoms with Crippen molar-refractivity contribution in [3.63, 3.8) is 0 Å². The second kappa shape index (κ2) is 9.36. The molecule has 0 spiro atoms. The lowest BCUT2D eigenvalue weighted by atomic mass is 9.93. The van der Waals surface area contributed by atoms with Crippen LogP contribution in [0, 0.1) is 0 Å². The molecule has 150 valence electrons. The van der Waals surface area contributed by atoms with E-state index in [1.807, 2.05) is 24.3 Å². The van der Waals surface area contributed by atoms with Crippen molar-refractivity contribution in [2.75, 3.05) is 26.2 Å². The van der Waals surface area contributed by atoms with Crippen LogP contribution in [-0.4, -0.2) is 42.0 Å². The van der Waals surface area contributed by atoms with E-state index in [1.165, 1.54) is 37.7 Å². The van der Waals surface area contributed by atoms with Gasteiger partial charge in [-0.2, -0.15) is 0 Å². The van der Waals surface area contributed by atoms with E-state index >= 15 is 0 Å². The lowest BCUT2D eigenvalue weighted by molar-refractivity contribution is 0.0647. The maximum atomic E-state index is 6.63. The lowest BCUT2D eigenvalue weighted by Gasteiger charge is -2.43. The van der Waals surface area contributed by atoms with E-state index in [1.54, 1.807) is 0 Å². The number of rotatable bonds is 4. The molecule has 0 radical (unpaired) electrons. The SMILES string of the molecule is Clc1cccc(C(c2ccc(Cl)cc2Cl)N2CCN(C3CCCCC3)CC2)c1. The van der Waals surface area contributed by atoms with Gasteiger partial charge in [0.05, 0.1) is 6.04 Å². The first-order chi connectivity index (χ1) is 13.6. The minimum Gasteiger partial charge on any atom is -0.298 e. The topological polar surface area (TPSA) is 6.48 Å². The largest absolute Gasteiger partial charge is 0.298 e. The van der Waals surface area contributed by atoms with Crippen LogP contribution in [0.1, 0.15) is 49.3 Å². The predicted molar refractivity (Wildman–Crippen MR) is 120 cm³/mol. The highest BCUT2D eigenvalue weighted by molar-refractivity contribution is 6.35. The molecule has 2 aromatic rings. The van der Waals surface area contributed by atoms with Gasteiger partial charge in [-0.15, -0.1) is 0 Å². The van der Waals surface area contributed by atoms with E-state index in [2.05, 4.69) is 28.0 Å². The van der Waals surface area contributed by atoms with Crippen LogP contribution in [0.3, 0.4) is 0 Å². The molecule has 1 saturated heterocycles. The molecule has 5 heteroatoms. The van der Waals surface area contributed by atoms with Crippen molar-refractivity contribution in [3.8, 4) is 0 Å². The van der Waals surface area contributed by atoms with Crippen molar-refractivity contribution in [2.24, 2.45) is 0 Å². The van der Waals surface area contributed by atoms with E-state index in [-0.39, 0.29) is 6.04 Å². The Kier molecular flexibility index (Phi) is 6.85. The van der Waals surface area contributed by atoms with Crippen LogP contribution in [0.15, 0.2) is 42.5 Å². The van der Waals surface area contributed by atoms with Crippen LogP contribution >= 0.6 is 34.8 Å². The zero-order valence-electron chi connectivity index (χ0n) is 16.1. The zero-order chi connectivity index (χ0) is 19.5. The monoisotopic (exact) mass is 436 g/mol. The second-order valence-electron chi connectivity index (χ2n) is 7.99. The quantitative estimate of drug-likeness (QED) is 0.526. The smallest absolute Gasteiger partial charge is 0.0617 e. The van der Waals surface area contributed by atoms with Gasteiger partial charge in [-0.3, -0.25) is 9.80 Å². The van der Waals surface area contributed by atoms with E-state index in [4.69, 9.17) is 34.8 Å². The number of hydrogen-bond acceptors (Lipinski definition) is 2. The molecule has 0 amide bonds. The van der Waals surface area contributed by atoms with Gasteiger partial charge < -0.3 is 0 Å². The first-order valence-corrected chi connectivity index (χ1v) is 11.4. The third-order valence-electron chi connectivity index (χ3n) is 6.23. The summed E-state index contributed by atoms with van der Waals surface area (Å²) in [6, 6.07) is 14.9. The van der Waals surface area contributed by atoms with Gasteiger partial charge in [0.1, 0.15) is 0 Å². The van der Waals surface area contributed by atoms with Gasteiger partial charge in [-0.05, 0) is 48.2 Å². The van der Waals surface area contributed by atoms with Gasteiger partial charge in [0.15, 0.2) is 0 Å². The average Bonchev–Trinajstić information content (AvgIpc) is 2.71. The van der Waals surface area contributed by atoms with Gasteiger partial charge in [-0.1, -0.05) is 72.3 Å². The Bertz CT molecular complexity index is 796. The molecule has 0 aromatic heterocycles. The van der Waals surface area contributed by atoms with Crippen LogP contribution in [-0.2, 0) is 0 Å². The van der Waals surface area contributed by atoms with Crippen molar-refractivity contribution in [3.05, 3.63) is 68.7 Å². The molecular formula is C23H27Cl3N2. The maximum Gasteiger partial charge on any atom is 0.0617 e. The van der Waals surface area contributed by atoms with E-state index in [0.717, 1.165) is 42.8 Å². The third-order valence-corrected chi connectivity index (χ3v) is 7.02. The summed E-state index contributed by atoms with van der Waals surface area (Å²) in [6.45, 7) is 4.30. The van der Waals surface area contributed by atoms with E-state index in [9.17, 15) is 0 Å². The number of benzene rings is 2. The van der Waals surface area contributed by atoms with Gasteiger partial charge in [0, 0.05) is 47.3 Å². The van der Waals surface area contributed by atoms with Crippen molar-refractivity contribution in [1.29, 1.82) is 0 Å². The third kappa shape index (κ3) is 4.68. The van der Waals surface area contributed by atoms with Crippen molar-refractivity contribution in [2.45, 2.75) is 44.2 Å². The summed E-state index contributed by atoms with van der Waals surface area (Å²) in [7, 11) is 0. The number of nitrogens with zero attached hydrogens (tertiary/aromatic N) is 2. The number of hydrogen-bond donors (Lipinski definition) is 0. The van der Waals surface area contributed by atoms with Crippen LogP contribution in [0.25, 0.3) is 0 Å². The molecule has 0 bridgehead atoms. The molecule has 28 heavy (non-hydrogen) atoms. The standard InChI is InChI=1S/C23H27Cl3N2/c24-18-6-4-5-17(15-18)23(21-10-9-19(25)16-22(21)26)28-13-11-27(12-14-28)20-7-2-1-3-8-20/h4-6,9-10,15-16,20,23H,1-3,7-8,11-14H2. The Morgan fingerprint density at radius 2 is 1.50 bits per heavy atom. The van der Waals surface area contributed by atoms with Gasteiger partial charge >= 0.3 is 0 Å². The highest BCUT2D eigenvalue weighted by Gasteiger charge is 2.30. The highest BCUT2D eigenvalue weighted by atomic mass is 35.5. The molecule has 1 heterocycles. The van der Waals surface area contributed by atoms with Crippen LogP contribution in [0.2, 0.25) is 15.1 Å². The van der Waals surface area contributed by atoms with E-state index in [0.29, 0.717) is 10.0 Å². The summed E-state index contributed by atoms with van der Waals surface area (Å²) in [6.07, 6.45) is 6.90. The maximum absolute atomic E-state index is 6.63. The molecule has 2 aromatic carbocycles. The summed E-state index contributed by atoms with van der Waals surface area (Å²) >= 11 is 19.1. The Morgan fingerprint density at radius 3 is 2.18 bits per heavy atom. The Labute approximate surface area is 183 Å². The molecule has 1 saturated carbocycles. The first-order valence-electron chi connectivity index (χ1n) is 10.3. The molecule has 1 aliphatic heterocycles. The Balaban J connectivity index is 1.57. The summed E-state index contributed by atoms with van der Waals surface area (Å²) in [4.78, 5) is 5.24. The molecule has 1 atom stereocenters. The fraction of sp³-hybridized carbons (Fsp3) is 0.478. The molecule has 1 aliphatic carbocycles. The molecular weight excluding hydrogens is 411 g/mol. The summed E-state index contributed by atoms with van der Waals surface area (Å²) in [5, 5.41) is 2.14. The predicted octanol–water partition coefficient (Wildman–Crippen LogP) is 6.69. The number of halogens is 3. The zero-order valence-corrected chi connectivity index (χ0v) is 18.4. The molecule has 0 N–H and O–H groups in total. The van der Waals surface area contributed by atoms with Crippen LogP contribution in [0.4, 0.5) is 0 Å². The molecule has 2 nitrogen and oxygen atoms in total. The Hall–Kier alpha value is -0.770. The minimum absolute atomic E-state index is 0.0944. The fourth-order valence-electron chi connectivity index (χ4n) is 4.79. The lowest BCUT2D eigenvalue weighted by Crippen LogP contribution is -2.51.